The summed E-state index contributed by atoms with van der Waals surface area (Å²) in [4.78, 5) is 70.8. The van der Waals surface area contributed by atoms with Crippen LogP contribution in [0, 0.1) is 6.92 Å². The maximum atomic E-state index is 13.3. The predicted octanol–water partition coefficient (Wildman–Crippen LogP) is -2.11. The number of aliphatic imine (C=N–C) groups is 1. The summed E-state index contributed by atoms with van der Waals surface area (Å²) in [5, 5.41) is 28.5. The molecule has 5 heterocycles. The third-order valence-corrected chi connectivity index (χ3v) is 13.4. The average Bonchev–Trinajstić information content (AvgIpc) is 3.78. The van der Waals surface area contributed by atoms with Crippen LogP contribution in [0.2, 0.25) is 0 Å². The van der Waals surface area contributed by atoms with Gasteiger partial charge in [0.05, 0.1) is 29.5 Å². The molecule has 1 aromatic rings. The average molecular weight is 731 g/mol. The first-order valence-corrected chi connectivity index (χ1v) is 18.8. The van der Waals surface area contributed by atoms with Gasteiger partial charge in [-0.2, -0.15) is 0 Å². The van der Waals surface area contributed by atoms with Gasteiger partial charge in [-0.1, -0.05) is 35.3 Å². The van der Waals surface area contributed by atoms with E-state index in [0.717, 1.165) is 21.4 Å². The normalized spacial score (nSPS) is 23.7. The molecule has 20 heteroatoms. The molecule has 6 rings (SSSR count). The largest absolute Gasteiger partial charge is 1.00 e. The van der Waals surface area contributed by atoms with Crippen molar-refractivity contribution >= 4 is 93.9 Å². The Bertz CT molecular complexity index is 1570. The maximum absolute atomic E-state index is 13.3. The minimum Gasteiger partial charge on any atom is -0.543 e. The molecule has 1 aromatic heterocycles. The number of nitrogens with one attached hydrogen (secondary N) is 3. The Balaban J connectivity index is 0.00000417. The number of carboxylic acids is 1. The number of hydrogen-bond acceptors (Lipinski definition) is 14. The van der Waals surface area contributed by atoms with Crippen LogP contribution in [0.25, 0.3) is 0 Å². The number of carbonyl (C=O) groups excluding carboxylic acids is 5. The number of allylic oxidation sites excluding steroid dienone is 3. The van der Waals surface area contributed by atoms with E-state index in [9.17, 15) is 29.1 Å². The fraction of sp³-hybridized carbons (Fsp3) is 0.462. The second kappa shape index (κ2) is 15.5. The Morgan fingerprint density at radius 1 is 1.20 bits per heavy atom. The zero-order chi connectivity index (χ0) is 31.7. The number of thioether (sulfide) groups is 4. The summed E-state index contributed by atoms with van der Waals surface area (Å²) in [6.07, 6.45) is 3.86. The molecule has 238 valence electrons. The van der Waals surface area contributed by atoms with Crippen LogP contribution in [-0.2, 0) is 14.4 Å². The topological polar surface area (TPSA) is 189 Å². The molecule has 0 radical (unpaired) electrons. The molecule has 5 aliphatic rings. The van der Waals surface area contributed by atoms with Crippen molar-refractivity contribution in [2.24, 2.45) is 4.99 Å². The number of β-lactam (4-membered cyclic amide) rings is 1. The summed E-state index contributed by atoms with van der Waals surface area (Å²) >= 11 is 7.50. The van der Waals surface area contributed by atoms with Gasteiger partial charge in [-0.15, -0.1) is 45.5 Å². The molecule has 1 aliphatic carbocycles. The van der Waals surface area contributed by atoms with E-state index < -0.39 is 41.3 Å². The van der Waals surface area contributed by atoms with Crippen molar-refractivity contribution in [1.29, 1.82) is 0 Å². The first kappa shape index (κ1) is 35.3. The first-order valence-electron chi connectivity index (χ1n) is 13.9. The summed E-state index contributed by atoms with van der Waals surface area (Å²) < 4.78 is 0.659. The van der Waals surface area contributed by atoms with Crippen molar-refractivity contribution in [2.45, 2.75) is 40.2 Å². The van der Waals surface area contributed by atoms with Crippen LogP contribution in [0.4, 0.5) is 9.59 Å². The van der Waals surface area contributed by atoms with Gasteiger partial charge in [-0.25, -0.2) is 14.5 Å². The van der Waals surface area contributed by atoms with Gasteiger partial charge in [0.15, 0.2) is 4.34 Å². The van der Waals surface area contributed by atoms with E-state index in [0.29, 0.717) is 51.4 Å². The third kappa shape index (κ3) is 7.66. The van der Waals surface area contributed by atoms with Crippen molar-refractivity contribution in [3.63, 3.8) is 0 Å². The molecule has 1 unspecified atom stereocenters. The van der Waals surface area contributed by atoms with Gasteiger partial charge >= 0.3 is 41.6 Å². The SMILES string of the molecule is Cc1nnc(SCC2=C(C(=O)[O-])N3C(=O)C(NC(=O)CC4=C(NC(=O)N5CCNC5=O)C(=NC5SCCS5)CC=C4)[C@@H]3SC2)s1.[Na+]. The molecule has 3 saturated heterocycles. The summed E-state index contributed by atoms with van der Waals surface area (Å²) in [7, 11) is 0. The molecule has 14 nitrogen and oxygen atoms in total. The molecular formula is C26H27N8NaO6S5. The van der Waals surface area contributed by atoms with Gasteiger partial charge in [0.2, 0.25) is 5.91 Å². The van der Waals surface area contributed by atoms with E-state index in [1.54, 1.807) is 29.6 Å². The molecular weight excluding hydrogens is 704 g/mol. The number of imide groups is 1. The molecule has 2 atom stereocenters. The smallest absolute Gasteiger partial charge is 0.543 e. The number of nitrogens with zero attached hydrogens (tertiary/aromatic N) is 5. The number of aliphatic carboxylic acids is 1. The predicted molar refractivity (Wildman–Crippen MR) is 173 cm³/mol. The monoisotopic (exact) mass is 730 g/mol. The number of fused-ring (bicyclic) bond motifs is 1. The molecule has 4 aliphatic heterocycles. The molecule has 46 heavy (non-hydrogen) atoms. The summed E-state index contributed by atoms with van der Waals surface area (Å²) in [5.74, 6) is 0.122. The van der Waals surface area contributed by atoms with E-state index in [4.69, 9.17) is 4.99 Å². The molecule has 3 fully saturated rings. The number of rotatable bonds is 9. The molecule has 0 aromatic carbocycles. The summed E-state index contributed by atoms with van der Waals surface area (Å²) in [6, 6.07) is -2.04. The van der Waals surface area contributed by atoms with Crippen LogP contribution in [0.3, 0.4) is 0 Å². The van der Waals surface area contributed by atoms with Crippen molar-refractivity contribution in [3.05, 3.63) is 39.7 Å². The number of carbonyl (C=O) groups is 5. The first-order chi connectivity index (χ1) is 21.7. The van der Waals surface area contributed by atoms with Crippen LogP contribution in [-0.4, -0.2) is 108 Å². The van der Waals surface area contributed by atoms with Crippen molar-refractivity contribution in [1.82, 2.24) is 35.9 Å². The molecule has 6 amide bonds. The van der Waals surface area contributed by atoms with Crippen molar-refractivity contribution in [3.8, 4) is 0 Å². The van der Waals surface area contributed by atoms with Crippen molar-refractivity contribution in [2.75, 3.05) is 36.1 Å². The number of aromatic nitrogens is 2. The van der Waals surface area contributed by atoms with Crippen LogP contribution in [0.1, 0.15) is 17.8 Å². The van der Waals surface area contributed by atoms with Crippen LogP contribution >= 0.6 is 58.4 Å². The molecule has 3 N–H and O–H groups in total. The maximum Gasteiger partial charge on any atom is 1.00 e. The van der Waals surface area contributed by atoms with Gasteiger partial charge in [0.1, 0.15) is 21.1 Å². The summed E-state index contributed by atoms with van der Waals surface area (Å²) in [6.45, 7) is 2.39. The standard InChI is InChI=1S/C26H28N8O6S5.Na/c1-12-31-32-26(45-12)44-11-14-10-43-21-18(20(36)34(21)19(14)22(37)38)29-16(35)9-13-3-2-4-15(28-25-41-7-8-42-25)17(13)30-24(40)33-6-5-27-23(33)39;/h2-3,18,21,25H,4-11H2,1H3,(H,27,39)(H,29,35)(H,30,40)(H,37,38);/q;+1/p-1/t18?,21-;/m0./s1. The Hall–Kier alpha value is -2.00. The van der Waals surface area contributed by atoms with E-state index in [2.05, 4.69) is 26.1 Å². The minimum absolute atomic E-state index is 0. The fourth-order valence-corrected chi connectivity index (χ4v) is 11.0. The van der Waals surface area contributed by atoms with E-state index in [1.165, 1.54) is 39.8 Å². The number of amides is 6. The van der Waals surface area contributed by atoms with Gasteiger partial charge in [-0.3, -0.25) is 19.5 Å². The summed E-state index contributed by atoms with van der Waals surface area (Å²) in [5.41, 5.74) is 1.84. The van der Waals surface area contributed by atoms with E-state index in [-0.39, 0.29) is 52.9 Å². The number of aryl methyl sites for hydroxylation is 1. The fourth-order valence-electron chi connectivity index (χ4n) is 5.15. The van der Waals surface area contributed by atoms with Crippen LogP contribution < -0.4 is 50.6 Å². The molecule has 0 bridgehead atoms. The van der Waals surface area contributed by atoms with E-state index >= 15 is 0 Å². The van der Waals surface area contributed by atoms with E-state index in [1.807, 2.05) is 13.0 Å². The third-order valence-electron chi connectivity index (χ3n) is 7.22. The second-order valence-corrected chi connectivity index (χ2v) is 16.4. The number of urea groups is 2. The quantitative estimate of drug-likeness (QED) is 0.143. The van der Waals surface area contributed by atoms with Gasteiger partial charge in [-0.05, 0) is 18.1 Å². The second-order valence-electron chi connectivity index (χ2n) is 10.2. The Labute approximate surface area is 307 Å². The van der Waals surface area contributed by atoms with Crippen molar-refractivity contribution < 1.29 is 58.6 Å². The van der Waals surface area contributed by atoms with Gasteiger partial charge in [0, 0.05) is 42.5 Å². The molecule has 0 saturated carbocycles. The Morgan fingerprint density at radius 3 is 2.65 bits per heavy atom. The van der Waals surface area contributed by atoms with Gasteiger partial charge in [0.25, 0.3) is 5.91 Å². The minimum atomic E-state index is -1.45. The van der Waals surface area contributed by atoms with Gasteiger partial charge < -0.3 is 25.9 Å². The Kier molecular flexibility index (Phi) is 11.9. The zero-order valence-corrected chi connectivity index (χ0v) is 30.9. The number of hydrogen-bond donors (Lipinski definition) is 3. The number of carboxylic acid groups (broad SMARTS) is 1. The van der Waals surface area contributed by atoms with Crippen LogP contribution in [0.5, 0.6) is 0 Å². The zero-order valence-electron chi connectivity index (χ0n) is 24.8. The van der Waals surface area contributed by atoms with Crippen LogP contribution in [0.15, 0.2) is 44.0 Å². The molecule has 0 spiro atoms. The Morgan fingerprint density at radius 2 is 1.98 bits per heavy atom.